The molecule has 1 aliphatic heterocycles. The Labute approximate surface area is 128 Å². The fourth-order valence-corrected chi connectivity index (χ4v) is 2.73. The van der Waals surface area contributed by atoms with E-state index in [-0.39, 0.29) is 17.7 Å². The number of rotatable bonds is 4. The van der Waals surface area contributed by atoms with E-state index in [0.29, 0.717) is 30.1 Å². The number of halogens is 1. The van der Waals surface area contributed by atoms with Crippen molar-refractivity contribution in [1.82, 2.24) is 4.90 Å². The molecule has 0 saturated carbocycles. The van der Waals surface area contributed by atoms with Gasteiger partial charge in [0.15, 0.2) is 6.10 Å². The third-order valence-electron chi connectivity index (χ3n) is 3.84. The molecular formula is C15H19ClN2O3. The molecule has 2 amide bonds. The monoisotopic (exact) mass is 310 g/mol. The maximum atomic E-state index is 12.3. The first kappa shape index (κ1) is 15.8. The molecule has 5 nitrogen and oxygen atoms in total. The maximum Gasteiger partial charge on any atom is 0.256 e. The second-order valence-electron chi connectivity index (χ2n) is 5.39. The topological polar surface area (TPSA) is 83.6 Å². The van der Waals surface area contributed by atoms with Crippen LogP contribution < -0.4 is 5.73 Å². The van der Waals surface area contributed by atoms with E-state index in [9.17, 15) is 14.7 Å². The summed E-state index contributed by atoms with van der Waals surface area (Å²) in [7, 11) is 0. The zero-order valence-corrected chi connectivity index (χ0v) is 12.4. The summed E-state index contributed by atoms with van der Waals surface area (Å²) in [5, 5.41) is 10.7. The van der Waals surface area contributed by atoms with Crippen molar-refractivity contribution in [2.75, 3.05) is 13.1 Å². The molecule has 0 bridgehead atoms. The summed E-state index contributed by atoms with van der Waals surface area (Å²) in [6, 6.07) is 6.58. The zero-order valence-electron chi connectivity index (χ0n) is 11.7. The van der Waals surface area contributed by atoms with E-state index < -0.39 is 6.10 Å². The van der Waals surface area contributed by atoms with Crippen LogP contribution in [0.2, 0.25) is 5.02 Å². The Balaban J connectivity index is 1.92. The van der Waals surface area contributed by atoms with Gasteiger partial charge in [-0.15, -0.1) is 0 Å². The van der Waals surface area contributed by atoms with Crippen LogP contribution in [0.3, 0.4) is 0 Å². The number of aliphatic hydroxyl groups excluding tert-OH is 1. The Kier molecular flexibility index (Phi) is 5.20. The van der Waals surface area contributed by atoms with Gasteiger partial charge in [-0.1, -0.05) is 23.7 Å². The van der Waals surface area contributed by atoms with Crippen molar-refractivity contribution in [2.24, 2.45) is 11.7 Å². The lowest BCUT2D eigenvalue weighted by Gasteiger charge is -2.32. The van der Waals surface area contributed by atoms with Crippen LogP contribution in [-0.4, -0.2) is 34.9 Å². The normalized spacial score (nSPS) is 17.5. The predicted octanol–water partition coefficient (Wildman–Crippen LogP) is 1.49. The van der Waals surface area contributed by atoms with Crippen LogP contribution in [0.25, 0.3) is 0 Å². The number of likely N-dealkylation sites (tertiary alicyclic amines) is 1. The van der Waals surface area contributed by atoms with E-state index in [4.69, 9.17) is 17.3 Å². The quantitative estimate of drug-likeness (QED) is 0.883. The summed E-state index contributed by atoms with van der Waals surface area (Å²) in [6.07, 6.45) is 0.668. The largest absolute Gasteiger partial charge is 0.378 e. The molecule has 1 aromatic carbocycles. The zero-order chi connectivity index (χ0) is 15.4. The van der Waals surface area contributed by atoms with E-state index in [0.717, 1.165) is 12.8 Å². The van der Waals surface area contributed by atoms with Crippen molar-refractivity contribution in [2.45, 2.75) is 25.4 Å². The van der Waals surface area contributed by atoms with Gasteiger partial charge in [0.25, 0.3) is 5.91 Å². The van der Waals surface area contributed by atoms with Crippen molar-refractivity contribution in [1.29, 1.82) is 0 Å². The standard InChI is InChI=1S/C15H19ClN2O3/c16-12-3-1-11(2-4-12)14(20)15(21)18-7-5-10(6-8-18)9-13(17)19/h1-4,10,14,20H,5-9H2,(H2,17,19). The van der Waals surface area contributed by atoms with E-state index >= 15 is 0 Å². The molecule has 1 heterocycles. The predicted molar refractivity (Wildman–Crippen MR) is 79.5 cm³/mol. The van der Waals surface area contributed by atoms with Gasteiger partial charge in [-0.25, -0.2) is 0 Å². The van der Waals surface area contributed by atoms with E-state index in [2.05, 4.69) is 0 Å². The van der Waals surface area contributed by atoms with Crippen LogP contribution in [0.4, 0.5) is 0 Å². The average molecular weight is 311 g/mol. The summed E-state index contributed by atoms with van der Waals surface area (Å²) in [5.41, 5.74) is 5.72. The minimum Gasteiger partial charge on any atom is -0.378 e. The third kappa shape index (κ3) is 4.19. The number of nitrogens with two attached hydrogens (primary N) is 1. The van der Waals surface area contributed by atoms with Crippen molar-refractivity contribution >= 4 is 23.4 Å². The number of carbonyl (C=O) groups is 2. The minimum absolute atomic E-state index is 0.235. The number of primary amides is 1. The van der Waals surface area contributed by atoms with Gasteiger partial charge < -0.3 is 15.7 Å². The van der Waals surface area contributed by atoms with Crippen LogP contribution in [-0.2, 0) is 9.59 Å². The molecule has 6 heteroatoms. The molecule has 0 radical (unpaired) electrons. The Hall–Kier alpha value is -1.59. The lowest BCUT2D eigenvalue weighted by Crippen LogP contribution is -2.41. The highest BCUT2D eigenvalue weighted by Crippen LogP contribution is 2.24. The average Bonchev–Trinajstić information content (AvgIpc) is 2.47. The third-order valence-corrected chi connectivity index (χ3v) is 4.09. The number of benzene rings is 1. The maximum absolute atomic E-state index is 12.3. The van der Waals surface area contributed by atoms with Crippen LogP contribution in [0.1, 0.15) is 30.9 Å². The van der Waals surface area contributed by atoms with E-state index in [1.165, 1.54) is 0 Å². The highest BCUT2D eigenvalue weighted by Gasteiger charge is 2.28. The lowest BCUT2D eigenvalue weighted by molar-refractivity contribution is -0.142. The number of aliphatic hydroxyl groups is 1. The molecule has 114 valence electrons. The first-order valence-electron chi connectivity index (χ1n) is 6.98. The summed E-state index contributed by atoms with van der Waals surface area (Å²) in [4.78, 5) is 24.8. The first-order valence-corrected chi connectivity index (χ1v) is 7.36. The molecule has 1 atom stereocenters. The van der Waals surface area contributed by atoms with Gasteiger partial charge in [0.1, 0.15) is 0 Å². The van der Waals surface area contributed by atoms with E-state index in [1.807, 2.05) is 0 Å². The van der Waals surface area contributed by atoms with Crippen LogP contribution in [0.15, 0.2) is 24.3 Å². The highest BCUT2D eigenvalue weighted by molar-refractivity contribution is 6.30. The number of carbonyl (C=O) groups excluding carboxylic acids is 2. The molecular weight excluding hydrogens is 292 g/mol. The molecule has 2 rings (SSSR count). The molecule has 0 spiro atoms. The fraction of sp³-hybridized carbons (Fsp3) is 0.467. The van der Waals surface area contributed by atoms with Crippen molar-refractivity contribution in [3.8, 4) is 0 Å². The van der Waals surface area contributed by atoms with Gasteiger partial charge in [-0.05, 0) is 36.5 Å². The molecule has 0 aromatic heterocycles. The van der Waals surface area contributed by atoms with Gasteiger partial charge in [0.05, 0.1) is 0 Å². The Morgan fingerprint density at radius 2 is 1.86 bits per heavy atom. The van der Waals surface area contributed by atoms with Gasteiger partial charge in [0.2, 0.25) is 5.91 Å². The molecule has 1 unspecified atom stereocenters. The molecule has 1 aromatic rings. The number of hydrogen-bond acceptors (Lipinski definition) is 3. The Morgan fingerprint density at radius 3 is 2.38 bits per heavy atom. The Morgan fingerprint density at radius 1 is 1.29 bits per heavy atom. The Bertz CT molecular complexity index is 510. The van der Waals surface area contributed by atoms with Gasteiger partial charge in [-0.3, -0.25) is 9.59 Å². The summed E-state index contributed by atoms with van der Waals surface area (Å²) < 4.78 is 0. The number of hydrogen-bond donors (Lipinski definition) is 2. The van der Waals surface area contributed by atoms with Crippen molar-refractivity contribution in [3.63, 3.8) is 0 Å². The molecule has 0 aliphatic carbocycles. The number of amides is 2. The van der Waals surface area contributed by atoms with Crippen molar-refractivity contribution in [3.05, 3.63) is 34.9 Å². The molecule has 1 saturated heterocycles. The number of piperidine rings is 1. The minimum atomic E-state index is -1.17. The summed E-state index contributed by atoms with van der Waals surface area (Å²) >= 11 is 5.79. The second-order valence-corrected chi connectivity index (χ2v) is 5.83. The van der Waals surface area contributed by atoms with Crippen LogP contribution in [0.5, 0.6) is 0 Å². The second kappa shape index (κ2) is 6.91. The summed E-state index contributed by atoms with van der Waals surface area (Å²) in [5.74, 6) is -0.380. The van der Waals surface area contributed by atoms with E-state index in [1.54, 1.807) is 29.2 Å². The molecule has 3 N–H and O–H groups in total. The first-order chi connectivity index (χ1) is 9.97. The fourth-order valence-electron chi connectivity index (χ4n) is 2.60. The lowest BCUT2D eigenvalue weighted by atomic mass is 9.93. The van der Waals surface area contributed by atoms with Gasteiger partial charge in [0, 0.05) is 24.5 Å². The van der Waals surface area contributed by atoms with Crippen LogP contribution in [0, 0.1) is 5.92 Å². The molecule has 21 heavy (non-hydrogen) atoms. The number of nitrogens with zero attached hydrogens (tertiary/aromatic N) is 1. The highest BCUT2D eigenvalue weighted by atomic mass is 35.5. The van der Waals surface area contributed by atoms with Crippen LogP contribution >= 0.6 is 11.6 Å². The smallest absolute Gasteiger partial charge is 0.256 e. The molecule has 1 aliphatic rings. The summed E-state index contributed by atoms with van der Waals surface area (Å²) in [6.45, 7) is 1.09. The SMILES string of the molecule is NC(=O)CC1CCN(C(=O)C(O)c2ccc(Cl)cc2)CC1. The van der Waals surface area contributed by atoms with Gasteiger partial charge in [-0.2, -0.15) is 0 Å². The molecule has 1 fully saturated rings. The van der Waals surface area contributed by atoms with Gasteiger partial charge >= 0.3 is 0 Å². The van der Waals surface area contributed by atoms with Crippen molar-refractivity contribution < 1.29 is 14.7 Å².